The van der Waals surface area contributed by atoms with E-state index >= 15 is 0 Å². The molecule has 1 unspecified atom stereocenters. The lowest BCUT2D eigenvalue weighted by Crippen LogP contribution is -2.54. The molecule has 2 aromatic heterocycles. The number of carbonyl (C=O) groups is 1. The zero-order valence-corrected chi connectivity index (χ0v) is 20.4. The normalized spacial score (nSPS) is 16.5. The molecule has 1 aliphatic rings. The fourth-order valence-corrected chi connectivity index (χ4v) is 5.95. The van der Waals surface area contributed by atoms with Crippen molar-refractivity contribution in [1.82, 2.24) is 9.29 Å². The summed E-state index contributed by atoms with van der Waals surface area (Å²) in [6.07, 6.45) is -2.61. The van der Waals surface area contributed by atoms with Gasteiger partial charge in [0.2, 0.25) is 5.09 Å². The number of fused-ring (bicyclic) bond motifs is 1. The Morgan fingerprint density at radius 1 is 1.11 bits per heavy atom. The van der Waals surface area contributed by atoms with Crippen molar-refractivity contribution in [2.45, 2.75) is 36.6 Å². The average Bonchev–Trinajstić information content (AvgIpc) is 3.25. The summed E-state index contributed by atoms with van der Waals surface area (Å²) in [5.74, 6) is -1.42. The second kappa shape index (κ2) is 9.52. The monoisotopic (exact) mass is 548 g/mol. The quantitative estimate of drug-likeness (QED) is 0.314. The van der Waals surface area contributed by atoms with Gasteiger partial charge in [-0.25, -0.2) is 12.8 Å². The van der Waals surface area contributed by atoms with Crippen molar-refractivity contribution in [1.29, 1.82) is 0 Å². The van der Waals surface area contributed by atoms with Gasteiger partial charge in [-0.15, -0.1) is 0 Å². The third kappa shape index (κ3) is 4.88. The molecule has 12 heteroatoms. The van der Waals surface area contributed by atoms with Gasteiger partial charge >= 0.3 is 6.18 Å². The van der Waals surface area contributed by atoms with Crippen LogP contribution in [0.25, 0.3) is 22.2 Å². The molecule has 1 atom stereocenters. The van der Waals surface area contributed by atoms with E-state index in [-0.39, 0.29) is 47.1 Å². The lowest BCUT2D eigenvalue weighted by molar-refractivity contribution is -0.137. The van der Waals surface area contributed by atoms with E-state index in [2.05, 4.69) is 4.98 Å². The summed E-state index contributed by atoms with van der Waals surface area (Å²) in [5.41, 5.74) is 0.190. The lowest BCUT2D eigenvalue weighted by atomic mass is 9.96. The Bertz CT molecular complexity index is 1650. The maximum absolute atomic E-state index is 13.5. The number of aryl methyl sites for hydroxylation is 1. The second-order valence-electron chi connectivity index (χ2n) is 8.91. The molecule has 3 heterocycles. The first-order valence-corrected chi connectivity index (χ1v) is 13.0. The van der Waals surface area contributed by atoms with E-state index in [9.17, 15) is 35.9 Å². The maximum Gasteiger partial charge on any atom is 0.416 e. The van der Waals surface area contributed by atoms with Crippen LogP contribution < -0.4 is 0 Å². The largest absolute Gasteiger partial charge is 0.507 e. The van der Waals surface area contributed by atoms with Crippen molar-refractivity contribution in [2.75, 3.05) is 6.54 Å². The van der Waals surface area contributed by atoms with Crippen molar-refractivity contribution in [3.63, 3.8) is 0 Å². The number of aromatic hydroxyl groups is 1. The van der Waals surface area contributed by atoms with Crippen molar-refractivity contribution in [3.8, 4) is 17.0 Å². The van der Waals surface area contributed by atoms with Crippen molar-refractivity contribution in [2.24, 2.45) is 0 Å². The molecular weight excluding hydrogens is 528 g/mol. The number of halogens is 4. The van der Waals surface area contributed by atoms with Gasteiger partial charge in [0.25, 0.3) is 10.0 Å². The van der Waals surface area contributed by atoms with E-state index in [1.54, 1.807) is 12.1 Å². The highest BCUT2D eigenvalue weighted by Gasteiger charge is 2.43. The number of ketones is 1. The third-order valence-corrected chi connectivity index (χ3v) is 8.21. The molecule has 0 radical (unpaired) electrons. The van der Waals surface area contributed by atoms with Gasteiger partial charge in [-0.2, -0.15) is 17.5 Å². The highest BCUT2D eigenvalue weighted by molar-refractivity contribution is 7.89. The third-order valence-electron chi connectivity index (χ3n) is 6.45. The van der Waals surface area contributed by atoms with Crippen LogP contribution in [0.3, 0.4) is 0 Å². The van der Waals surface area contributed by atoms with Gasteiger partial charge in [-0.3, -0.25) is 9.78 Å². The van der Waals surface area contributed by atoms with Crippen LogP contribution in [0.4, 0.5) is 17.6 Å². The summed E-state index contributed by atoms with van der Waals surface area (Å²) in [7, 11) is -4.11. The minimum absolute atomic E-state index is 0.00444. The Kier molecular flexibility index (Phi) is 6.48. The van der Waals surface area contributed by atoms with E-state index in [1.165, 1.54) is 18.3 Å². The van der Waals surface area contributed by atoms with Crippen molar-refractivity contribution >= 4 is 26.8 Å². The highest BCUT2D eigenvalue weighted by atomic mass is 32.2. The number of phenolic OH excluding ortho intramolecular Hbond substituents is 1. The molecule has 0 spiro atoms. The van der Waals surface area contributed by atoms with Gasteiger partial charge in [0.05, 0.1) is 17.3 Å². The van der Waals surface area contributed by atoms with Crippen LogP contribution in [0.5, 0.6) is 5.75 Å². The first-order chi connectivity index (χ1) is 17.9. The first-order valence-electron chi connectivity index (χ1n) is 11.5. The number of nitrogens with zero attached hydrogens (tertiary/aromatic N) is 2. The van der Waals surface area contributed by atoms with E-state index < -0.39 is 39.4 Å². The molecule has 1 aliphatic heterocycles. The standard InChI is InChI=1S/C26H20F4N2O5S/c27-18-3-6-24-16(12-18)13-25(37-24)38(35,36)32-10-8-21(32)22(33)5-1-15-7-9-31-20(11-15)19-4-2-17(14-23(19)34)26(28,29)30/h2-4,6-7,9,11-14,21,34H,1,5,8,10H2. The number of sulfonamides is 1. The van der Waals surface area contributed by atoms with Crippen LogP contribution in [0, 0.1) is 5.82 Å². The van der Waals surface area contributed by atoms with E-state index in [1.807, 2.05) is 0 Å². The Balaban J connectivity index is 1.27. The van der Waals surface area contributed by atoms with Gasteiger partial charge in [-0.1, -0.05) is 0 Å². The minimum atomic E-state index is -4.60. The van der Waals surface area contributed by atoms with Crippen LogP contribution in [0.15, 0.2) is 70.3 Å². The van der Waals surface area contributed by atoms with Gasteiger partial charge in [-0.05, 0) is 66.9 Å². The molecule has 7 nitrogen and oxygen atoms in total. The summed E-state index contributed by atoms with van der Waals surface area (Å²) in [4.78, 5) is 17.0. The first kappa shape index (κ1) is 25.9. The number of rotatable bonds is 7. The molecule has 1 N–H and O–H groups in total. The van der Waals surface area contributed by atoms with Crippen LogP contribution in [0.2, 0.25) is 0 Å². The Labute approximate surface area is 214 Å². The number of benzene rings is 2. The molecule has 1 fully saturated rings. The average molecular weight is 549 g/mol. The Morgan fingerprint density at radius 2 is 1.89 bits per heavy atom. The summed E-state index contributed by atoms with van der Waals surface area (Å²) >= 11 is 0. The van der Waals surface area contributed by atoms with Crippen LogP contribution in [-0.2, 0) is 27.4 Å². The van der Waals surface area contributed by atoms with Gasteiger partial charge < -0.3 is 9.52 Å². The van der Waals surface area contributed by atoms with Gasteiger partial charge in [0.15, 0.2) is 5.78 Å². The van der Waals surface area contributed by atoms with Crippen molar-refractivity contribution in [3.05, 3.63) is 77.7 Å². The van der Waals surface area contributed by atoms with E-state index in [0.29, 0.717) is 23.4 Å². The van der Waals surface area contributed by atoms with Crippen LogP contribution in [-0.4, -0.2) is 41.2 Å². The Morgan fingerprint density at radius 3 is 2.58 bits per heavy atom. The predicted octanol–water partition coefficient (Wildman–Crippen LogP) is 5.32. The number of hydrogen-bond donors (Lipinski definition) is 1. The summed E-state index contributed by atoms with van der Waals surface area (Å²) in [6, 6.07) is 9.77. The van der Waals surface area contributed by atoms with Gasteiger partial charge in [0, 0.05) is 36.2 Å². The van der Waals surface area contributed by atoms with Gasteiger partial charge in [0.1, 0.15) is 17.1 Å². The predicted molar refractivity (Wildman–Crippen MR) is 128 cm³/mol. The highest BCUT2D eigenvalue weighted by Crippen LogP contribution is 2.36. The molecule has 38 heavy (non-hydrogen) atoms. The number of furan rings is 1. The summed E-state index contributed by atoms with van der Waals surface area (Å²) in [5, 5.41) is 10.0. The molecule has 198 valence electrons. The molecule has 4 aromatic rings. The van der Waals surface area contributed by atoms with Crippen molar-refractivity contribution < 1.29 is 40.3 Å². The Hall–Kier alpha value is -3.77. The SMILES string of the molecule is O=C(CCc1ccnc(-c2ccc(C(F)(F)F)cc2O)c1)C1CCN1S(=O)(=O)c1cc2cc(F)ccc2o1. The molecule has 0 amide bonds. The minimum Gasteiger partial charge on any atom is -0.507 e. The number of phenols is 1. The zero-order chi connectivity index (χ0) is 27.2. The van der Waals surface area contributed by atoms with Crippen LogP contribution >= 0.6 is 0 Å². The summed E-state index contributed by atoms with van der Waals surface area (Å²) in [6.45, 7) is 0.136. The van der Waals surface area contributed by atoms with E-state index in [0.717, 1.165) is 28.6 Å². The second-order valence-corrected chi connectivity index (χ2v) is 10.7. The number of hydrogen-bond acceptors (Lipinski definition) is 6. The fraction of sp³-hybridized carbons (Fsp3) is 0.231. The van der Waals surface area contributed by atoms with Crippen LogP contribution in [0.1, 0.15) is 24.0 Å². The number of Topliss-reactive ketones (excluding diaryl/α,β-unsaturated/α-hetero) is 1. The molecule has 0 aliphatic carbocycles. The zero-order valence-electron chi connectivity index (χ0n) is 19.6. The molecule has 2 aromatic carbocycles. The molecule has 1 saturated heterocycles. The number of alkyl halides is 3. The fourth-order valence-electron chi connectivity index (χ4n) is 4.34. The number of carbonyl (C=O) groups excluding carboxylic acids is 1. The number of aromatic nitrogens is 1. The molecule has 5 rings (SSSR count). The molecule has 0 saturated carbocycles. The number of pyridine rings is 1. The maximum atomic E-state index is 13.5. The summed E-state index contributed by atoms with van der Waals surface area (Å²) < 4.78 is 84.7. The lowest BCUT2D eigenvalue weighted by Gasteiger charge is -2.37. The molecular formula is C26H20F4N2O5S. The topological polar surface area (TPSA) is 101 Å². The van der Waals surface area contributed by atoms with E-state index in [4.69, 9.17) is 4.42 Å². The smallest absolute Gasteiger partial charge is 0.416 e. The molecule has 0 bridgehead atoms.